The van der Waals surface area contributed by atoms with E-state index >= 15 is 0 Å². The van der Waals surface area contributed by atoms with E-state index in [0.717, 1.165) is 17.7 Å². The first-order chi connectivity index (χ1) is 8.69. The second kappa shape index (κ2) is 5.16. The Morgan fingerprint density at radius 2 is 1.72 bits per heavy atom. The van der Waals surface area contributed by atoms with Crippen molar-refractivity contribution in [3.63, 3.8) is 0 Å². The van der Waals surface area contributed by atoms with Crippen LogP contribution in [-0.2, 0) is 17.7 Å². The molecule has 0 spiro atoms. The molecule has 0 N–H and O–H groups in total. The first-order valence-electron chi connectivity index (χ1n) is 5.76. The number of benzene rings is 1. The number of rotatable bonds is 2. The van der Waals surface area contributed by atoms with Crippen LogP contribution in [0.5, 0.6) is 11.5 Å². The summed E-state index contributed by atoms with van der Waals surface area (Å²) >= 11 is 0. The highest BCUT2D eigenvalue weighted by molar-refractivity contribution is 5.68. The zero-order valence-electron chi connectivity index (χ0n) is 10.9. The van der Waals surface area contributed by atoms with Crippen LogP contribution >= 0.6 is 0 Å². The molecule has 0 aromatic heterocycles. The molecule has 1 aromatic rings. The Labute approximate surface area is 106 Å². The van der Waals surface area contributed by atoms with Gasteiger partial charge in [-0.15, -0.1) is 0 Å². The summed E-state index contributed by atoms with van der Waals surface area (Å²) in [5.41, 5.74) is 2.26. The maximum atomic E-state index is 11.5. The molecule has 0 saturated heterocycles. The maximum Gasteiger partial charge on any atom is 0.409 e. The number of ether oxygens (including phenoxy) is 3. The SMILES string of the molecule is COC(=O)N1CCc2cc(OC)c(OC)cc2C1. The Bertz CT molecular complexity index is 459. The quantitative estimate of drug-likeness (QED) is 0.804. The molecule has 18 heavy (non-hydrogen) atoms. The number of nitrogens with zero attached hydrogens (tertiary/aromatic N) is 1. The van der Waals surface area contributed by atoms with Gasteiger partial charge in [0.15, 0.2) is 11.5 Å². The van der Waals surface area contributed by atoms with Gasteiger partial charge >= 0.3 is 6.09 Å². The maximum absolute atomic E-state index is 11.5. The molecule has 0 radical (unpaired) electrons. The number of carbonyl (C=O) groups is 1. The van der Waals surface area contributed by atoms with Gasteiger partial charge in [0.25, 0.3) is 0 Å². The van der Waals surface area contributed by atoms with Crippen LogP contribution in [0.2, 0.25) is 0 Å². The molecule has 1 heterocycles. The zero-order valence-corrected chi connectivity index (χ0v) is 10.9. The van der Waals surface area contributed by atoms with Crippen LogP contribution < -0.4 is 9.47 Å². The minimum Gasteiger partial charge on any atom is -0.493 e. The van der Waals surface area contributed by atoms with E-state index in [4.69, 9.17) is 14.2 Å². The summed E-state index contributed by atoms with van der Waals surface area (Å²) in [6.45, 7) is 1.21. The van der Waals surface area contributed by atoms with Crippen LogP contribution in [0, 0.1) is 0 Å². The van der Waals surface area contributed by atoms with Crippen molar-refractivity contribution in [1.82, 2.24) is 4.90 Å². The Balaban J connectivity index is 2.29. The third-order valence-electron chi connectivity index (χ3n) is 3.15. The second-order valence-corrected chi connectivity index (χ2v) is 4.12. The van der Waals surface area contributed by atoms with Gasteiger partial charge in [0.05, 0.1) is 21.3 Å². The van der Waals surface area contributed by atoms with E-state index in [2.05, 4.69) is 0 Å². The van der Waals surface area contributed by atoms with E-state index in [9.17, 15) is 4.79 Å². The first kappa shape index (κ1) is 12.5. The van der Waals surface area contributed by atoms with Gasteiger partial charge < -0.3 is 19.1 Å². The minimum atomic E-state index is -0.296. The van der Waals surface area contributed by atoms with Gasteiger partial charge in [-0.1, -0.05) is 0 Å². The number of hydrogen-bond donors (Lipinski definition) is 0. The van der Waals surface area contributed by atoms with Gasteiger partial charge in [0.1, 0.15) is 0 Å². The highest BCUT2D eigenvalue weighted by Gasteiger charge is 2.22. The highest BCUT2D eigenvalue weighted by atomic mass is 16.5. The summed E-state index contributed by atoms with van der Waals surface area (Å²) in [5, 5.41) is 0. The van der Waals surface area contributed by atoms with E-state index < -0.39 is 0 Å². The smallest absolute Gasteiger partial charge is 0.409 e. The standard InChI is InChI=1S/C13H17NO4/c1-16-11-6-9-4-5-14(13(15)18-3)8-10(9)7-12(11)17-2/h6-7H,4-5,8H2,1-3H3. The first-order valence-corrected chi connectivity index (χ1v) is 5.76. The van der Waals surface area contributed by atoms with Crippen LogP contribution in [0.25, 0.3) is 0 Å². The van der Waals surface area contributed by atoms with E-state index in [1.807, 2.05) is 12.1 Å². The van der Waals surface area contributed by atoms with Crippen LogP contribution in [0.1, 0.15) is 11.1 Å². The molecule has 5 heteroatoms. The molecule has 1 aliphatic heterocycles. The average molecular weight is 251 g/mol. The molecule has 5 nitrogen and oxygen atoms in total. The van der Waals surface area contributed by atoms with Crippen molar-refractivity contribution in [3.8, 4) is 11.5 Å². The molecular weight excluding hydrogens is 234 g/mol. The Morgan fingerprint density at radius 1 is 1.11 bits per heavy atom. The zero-order chi connectivity index (χ0) is 13.1. The lowest BCUT2D eigenvalue weighted by molar-refractivity contribution is 0.118. The van der Waals surface area contributed by atoms with Crippen molar-refractivity contribution in [2.24, 2.45) is 0 Å². The van der Waals surface area contributed by atoms with Crippen LogP contribution in [0.15, 0.2) is 12.1 Å². The Hall–Kier alpha value is -1.91. The summed E-state index contributed by atoms with van der Waals surface area (Å²) in [6.07, 6.45) is 0.501. The monoisotopic (exact) mass is 251 g/mol. The normalized spacial score (nSPS) is 13.8. The van der Waals surface area contributed by atoms with Crippen LogP contribution in [-0.4, -0.2) is 38.9 Å². The Morgan fingerprint density at radius 3 is 2.28 bits per heavy atom. The topological polar surface area (TPSA) is 48.0 Å². The number of carbonyl (C=O) groups excluding carboxylic acids is 1. The minimum absolute atomic E-state index is 0.296. The number of amides is 1. The third-order valence-corrected chi connectivity index (χ3v) is 3.15. The summed E-state index contributed by atoms with van der Waals surface area (Å²) in [7, 11) is 4.62. The molecule has 0 fully saturated rings. The predicted molar refractivity (Wildman–Crippen MR) is 66.1 cm³/mol. The van der Waals surface area contributed by atoms with Gasteiger partial charge in [-0.2, -0.15) is 0 Å². The van der Waals surface area contributed by atoms with Crippen LogP contribution in [0.4, 0.5) is 4.79 Å². The third kappa shape index (κ3) is 2.20. The highest BCUT2D eigenvalue weighted by Crippen LogP contribution is 2.33. The van der Waals surface area contributed by atoms with Crippen molar-refractivity contribution >= 4 is 6.09 Å². The van der Waals surface area contributed by atoms with E-state index in [1.54, 1.807) is 19.1 Å². The van der Waals surface area contributed by atoms with Crippen molar-refractivity contribution in [2.45, 2.75) is 13.0 Å². The van der Waals surface area contributed by atoms with Crippen molar-refractivity contribution in [3.05, 3.63) is 23.3 Å². The van der Waals surface area contributed by atoms with Gasteiger partial charge in [-0.05, 0) is 29.7 Å². The predicted octanol–water partition coefficient (Wildman–Crippen LogP) is 1.83. The fraction of sp³-hybridized carbons (Fsp3) is 0.462. The lowest BCUT2D eigenvalue weighted by atomic mass is 9.99. The fourth-order valence-corrected chi connectivity index (χ4v) is 2.17. The molecule has 0 atom stereocenters. The molecule has 1 aliphatic rings. The van der Waals surface area contributed by atoms with E-state index in [0.29, 0.717) is 18.8 Å². The molecule has 1 aromatic carbocycles. The van der Waals surface area contributed by atoms with E-state index in [1.165, 1.54) is 12.7 Å². The molecule has 2 rings (SSSR count). The number of methoxy groups -OCH3 is 3. The lowest BCUT2D eigenvalue weighted by Gasteiger charge is -2.28. The van der Waals surface area contributed by atoms with Gasteiger partial charge in [0, 0.05) is 13.1 Å². The van der Waals surface area contributed by atoms with Gasteiger partial charge in [0.2, 0.25) is 0 Å². The molecule has 0 aliphatic carbocycles. The second-order valence-electron chi connectivity index (χ2n) is 4.12. The van der Waals surface area contributed by atoms with Gasteiger partial charge in [-0.3, -0.25) is 0 Å². The van der Waals surface area contributed by atoms with Crippen molar-refractivity contribution in [2.75, 3.05) is 27.9 Å². The average Bonchev–Trinajstić information content (AvgIpc) is 2.44. The summed E-state index contributed by atoms with van der Waals surface area (Å²) in [5.74, 6) is 1.41. The molecule has 1 amide bonds. The fourth-order valence-electron chi connectivity index (χ4n) is 2.17. The van der Waals surface area contributed by atoms with Crippen molar-refractivity contribution in [1.29, 1.82) is 0 Å². The molecular formula is C13H17NO4. The lowest BCUT2D eigenvalue weighted by Crippen LogP contribution is -2.35. The molecule has 98 valence electrons. The summed E-state index contributed by atoms with van der Waals surface area (Å²) in [6, 6.07) is 3.89. The summed E-state index contributed by atoms with van der Waals surface area (Å²) in [4.78, 5) is 13.2. The molecule has 0 saturated carbocycles. The number of hydrogen-bond acceptors (Lipinski definition) is 4. The molecule has 0 bridgehead atoms. The Kier molecular flexibility index (Phi) is 3.60. The van der Waals surface area contributed by atoms with Crippen molar-refractivity contribution < 1.29 is 19.0 Å². The van der Waals surface area contributed by atoms with E-state index in [-0.39, 0.29) is 6.09 Å². The van der Waals surface area contributed by atoms with Crippen LogP contribution in [0.3, 0.4) is 0 Å². The largest absolute Gasteiger partial charge is 0.493 e. The van der Waals surface area contributed by atoms with Gasteiger partial charge in [-0.25, -0.2) is 4.79 Å². The summed E-state index contributed by atoms with van der Waals surface area (Å²) < 4.78 is 15.3. The molecule has 0 unspecified atom stereocenters. The number of fused-ring (bicyclic) bond motifs is 1.